The molecule has 2 aromatic rings. The number of aryl methyl sites for hydroxylation is 2. The molecule has 0 bridgehead atoms. The van der Waals surface area contributed by atoms with Crippen LogP contribution in [0.1, 0.15) is 17.8 Å². The topological polar surface area (TPSA) is 63.7 Å². The number of rotatable bonds is 4. The van der Waals surface area contributed by atoms with Gasteiger partial charge in [0.05, 0.1) is 12.5 Å². The van der Waals surface area contributed by atoms with Gasteiger partial charge in [-0.1, -0.05) is 0 Å². The number of hydrogen-bond donors (Lipinski definition) is 0. The van der Waals surface area contributed by atoms with E-state index in [1.807, 2.05) is 23.8 Å². The summed E-state index contributed by atoms with van der Waals surface area (Å²) in [5.41, 5.74) is 2.75. The lowest BCUT2D eigenvalue weighted by Crippen LogP contribution is -2.05. The average molecular weight is 230 g/mol. The molecular weight excluding hydrogens is 216 g/mol. The Kier molecular flexibility index (Phi) is 3.35. The highest BCUT2D eigenvalue weighted by Gasteiger charge is 2.11. The summed E-state index contributed by atoms with van der Waals surface area (Å²) in [6.07, 6.45) is 2.25. The molecule has 5 heteroatoms. The molecule has 0 aliphatic carbocycles. The smallest absolute Gasteiger partial charge is 0.160 e. The third-order valence-electron chi connectivity index (χ3n) is 2.52. The standard InChI is InChI=1S/C12H14N4O/c1-9-6-10-12(14-7-9)16(5-3-4-13)11(15-10)8-17-2/h6-7H,3,5,8H2,1-2H3. The molecule has 0 atom stereocenters. The molecule has 0 radical (unpaired) electrons. The number of nitriles is 1. The number of methoxy groups -OCH3 is 1. The van der Waals surface area contributed by atoms with Gasteiger partial charge >= 0.3 is 0 Å². The van der Waals surface area contributed by atoms with Crippen LogP contribution in [0.15, 0.2) is 12.3 Å². The summed E-state index contributed by atoms with van der Waals surface area (Å²) in [5, 5.41) is 8.67. The summed E-state index contributed by atoms with van der Waals surface area (Å²) in [5.74, 6) is 0.816. The van der Waals surface area contributed by atoms with Gasteiger partial charge in [-0.25, -0.2) is 9.97 Å². The fourth-order valence-electron chi connectivity index (χ4n) is 1.79. The zero-order valence-electron chi connectivity index (χ0n) is 9.97. The maximum Gasteiger partial charge on any atom is 0.160 e. The maximum atomic E-state index is 8.67. The highest BCUT2D eigenvalue weighted by molar-refractivity contribution is 5.72. The summed E-state index contributed by atoms with van der Waals surface area (Å²) >= 11 is 0. The molecule has 0 aromatic carbocycles. The van der Waals surface area contributed by atoms with Crippen LogP contribution in [0, 0.1) is 18.3 Å². The number of imidazole rings is 1. The summed E-state index contributed by atoms with van der Waals surface area (Å²) in [6.45, 7) is 3.01. The number of pyridine rings is 1. The van der Waals surface area contributed by atoms with E-state index in [1.165, 1.54) is 0 Å². The first-order chi connectivity index (χ1) is 8.26. The molecule has 0 fully saturated rings. The fraction of sp³-hybridized carbons (Fsp3) is 0.417. The summed E-state index contributed by atoms with van der Waals surface area (Å²) < 4.78 is 7.06. The predicted octanol–water partition coefficient (Wildman–Crippen LogP) is 1.80. The van der Waals surface area contributed by atoms with E-state index in [2.05, 4.69) is 16.0 Å². The summed E-state index contributed by atoms with van der Waals surface area (Å²) in [7, 11) is 1.63. The van der Waals surface area contributed by atoms with Crippen molar-refractivity contribution in [3.63, 3.8) is 0 Å². The van der Waals surface area contributed by atoms with Gasteiger partial charge < -0.3 is 9.30 Å². The highest BCUT2D eigenvalue weighted by Crippen LogP contribution is 2.16. The second-order valence-electron chi connectivity index (χ2n) is 3.88. The molecule has 2 aromatic heterocycles. The van der Waals surface area contributed by atoms with Gasteiger partial charge in [0.25, 0.3) is 0 Å². The molecule has 0 aliphatic rings. The minimum absolute atomic E-state index is 0.431. The Morgan fingerprint density at radius 1 is 1.53 bits per heavy atom. The van der Waals surface area contributed by atoms with Gasteiger partial charge in [-0.15, -0.1) is 0 Å². The highest BCUT2D eigenvalue weighted by atomic mass is 16.5. The zero-order valence-corrected chi connectivity index (χ0v) is 9.97. The molecule has 5 nitrogen and oxygen atoms in total. The summed E-state index contributed by atoms with van der Waals surface area (Å²) in [6, 6.07) is 4.12. The quantitative estimate of drug-likeness (QED) is 0.803. The van der Waals surface area contributed by atoms with Gasteiger partial charge in [0.1, 0.15) is 17.9 Å². The Hall–Kier alpha value is -1.93. The normalized spacial score (nSPS) is 10.6. The van der Waals surface area contributed by atoms with E-state index in [1.54, 1.807) is 7.11 Å². The average Bonchev–Trinajstić information content (AvgIpc) is 2.63. The van der Waals surface area contributed by atoms with E-state index in [9.17, 15) is 0 Å². The van der Waals surface area contributed by atoms with Crippen molar-refractivity contribution >= 4 is 11.2 Å². The molecule has 0 spiro atoms. The van der Waals surface area contributed by atoms with Gasteiger partial charge in [0, 0.05) is 19.9 Å². The van der Waals surface area contributed by atoms with Crippen molar-refractivity contribution in [1.82, 2.24) is 14.5 Å². The van der Waals surface area contributed by atoms with Crippen molar-refractivity contribution in [1.29, 1.82) is 5.26 Å². The van der Waals surface area contributed by atoms with E-state index >= 15 is 0 Å². The molecule has 2 rings (SSSR count). The number of hydrogen-bond acceptors (Lipinski definition) is 4. The second-order valence-corrected chi connectivity index (χ2v) is 3.88. The first-order valence-corrected chi connectivity index (χ1v) is 5.44. The Labute approximate surface area is 99.7 Å². The number of nitrogens with zero attached hydrogens (tertiary/aromatic N) is 4. The fourth-order valence-corrected chi connectivity index (χ4v) is 1.79. The molecule has 88 valence electrons. The number of fused-ring (bicyclic) bond motifs is 1. The van der Waals surface area contributed by atoms with Crippen LogP contribution in [0.5, 0.6) is 0 Å². The molecule has 0 unspecified atom stereocenters. The van der Waals surface area contributed by atoms with Crippen LogP contribution in [0.3, 0.4) is 0 Å². The van der Waals surface area contributed by atoms with E-state index in [0.29, 0.717) is 19.6 Å². The predicted molar refractivity (Wildman–Crippen MR) is 63.2 cm³/mol. The van der Waals surface area contributed by atoms with Gasteiger partial charge in [0.2, 0.25) is 0 Å². The van der Waals surface area contributed by atoms with Crippen molar-refractivity contribution in [2.24, 2.45) is 0 Å². The van der Waals surface area contributed by atoms with Crippen LogP contribution < -0.4 is 0 Å². The van der Waals surface area contributed by atoms with Gasteiger partial charge in [-0.3, -0.25) is 0 Å². The van der Waals surface area contributed by atoms with Crippen molar-refractivity contribution < 1.29 is 4.74 Å². The molecule has 0 N–H and O–H groups in total. The van der Waals surface area contributed by atoms with Gasteiger partial charge in [0.15, 0.2) is 5.65 Å². The molecule has 2 heterocycles. The molecule has 0 aliphatic heterocycles. The van der Waals surface area contributed by atoms with Crippen LogP contribution in [-0.4, -0.2) is 21.6 Å². The van der Waals surface area contributed by atoms with E-state index in [-0.39, 0.29) is 0 Å². The van der Waals surface area contributed by atoms with Crippen LogP contribution in [-0.2, 0) is 17.9 Å². The van der Waals surface area contributed by atoms with Gasteiger partial charge in [-0.05, 0) is 18.6 Å². The SMILES string of the molecule is COCc1nc2cc(C)cnc2n1CCC#N. The number of ether oxygens (including phenoxy) is 1. The first kappa shape index (κ1) is 11.6. The lowest BCUT2D eigenvalue weighted by atomic mass is 10.3. The van der Waals surface area contributed by atoms with Crippen LogP contribution in [0.25, 0.3) is 11.2 Å². The van der Waals surface area contributed by atoms with Crippen molar-refractivity contribution in [3.05, 3.63) is 23.7 Å². The molecule has 0 saturated carbocycles. The number of aromatic nitrogens is 3. The molecule has 0 saturated heterocycles. The lowest BCUT2D eigenvalue weighted by Gasteiger charge is -2.04. The summed E-state index contributed by atoms with van der Waals surface area (Å²) in [4.78, 5) is 8.85. The molecule has 0 amide bonds. The molecule has 17 heavy (non-hydrogen) atoms. The van der Waals surface area contributed by atoms with Crippen LogP contribution in [0.4, 0.5) is 0 Å². The second kappa shape index (κ2) is 4.93. The monoisotopic (exact) mass is 230 g/mol. The van der Waals surface area contributed by atoms with E-state index in [4.69, 9.17) is 10.00 Å². The Morgan fingerprint density at radius 2 is 2.35 bits per heavy atom. The largest absolute Gasteiger partial charge is 0.377 e. The first-order valence-electron chi connectivity index (χ1n) is 5.44. The Balaban J connectivity index is 2.51. The van der Waals surface area contributed by atoms with E-state index in [0.717, 1.165) is 22.6 Å². The third-order valence-corrected chi connectivity index (χ3v) is 2.52. The van der Waals surface area contributed by atoms with Crippen LogP contribution in [0.2, 0.25) is 0 Å². The van der Waals surface area contributed by atoms with Crippen molar-refractivity contribution in [3.8, 4) is 6.07 Å². The maximum absolute atomic E-state index is 8.67. The minimum Gasteiger partial charge on any atom is -0.377 e. The van der Waals surface area contributed by atoms with Crippen molar-refractivity contribution in [2.75, 3.05) is 7.11 Å². The van der Waals surface area contributed by atoms with Crippen LogP contribution >= 0.6 is 0 Å². The molecular formula is C12H14N4O. The van der Waals surface area contributed by atoms with Crippen molar-refractivity contribution in [2.45, 2.75) is 26.5 Å². The Bertz CT molecular complexity index is 568. The third kappa shape index (κ3) is 2.27. The minimum atomic E-state index is 0.431. The zero-order chi connectivity index (χ0) is 12.3. The van der Waals surface area contributed by atoms with E-state index < -0.39 is 0 Å². The lowest BCUT2D eigenvalue weighted by molar-refractivity contribution is 0.174. The van der Waals surface area contributed by atoms with Gasteiger partial charge in [-0.2, -0.15) is 5.26 Å². The Morgan fingerprint density at radius 3 is 3.06 bits per heavy atom.